The van der Waals surface area contributed by atoms with E-state index in [-0.39, 0.29) is 17.7 Å². The molecule has 0 atom stereocenters. The number of rotatable bonds is 2. The number of benzene rings is 1. The first kappa shape index (κ1) is 12.0. The van der Waals surface area contributed by atoms with E-state index in [1.54, 1.807) is 6.07 Å². The zero-order valence-corrected chi connectivity index (χ0v) is 7.66. The van der Waals surface area contributed by atoms with Crippen LogP contribution in [0.3, 0.4) is 0 Å². The molecule has 1 aromatic carbocycles. The van der Waals surface area contributed by atoms with Crippen molar-refractivity contribution < 1.29 is 18.1 Å². The summed E-state index contributed by atoms with van der Waals surface area (Å²) in [5.74, 6) is 0. The van der Waals surface area contributed by atoms with Crippen molar-refractivity contribution in [3.63, 3.8) is 0 Å². The van der Waals surface area contributed by atoms with Gasteiger partial charge in [0.05, 0.1) is 11.5 Å². The first-order chi connectivity index (χ1) is 5.54. The lowest BCUT2D eigenvalue weighted by atomic mass is 10.2. The lowest BCUT2D eigenvalue weighted by molar-refractivity contribution is 0.281. The Balaban J connectivity index is 0.00000144. The minimum atomic E-state index is -4.15. The molecule has 0 saturated heterocycles. The maximum absolute atomic E-state index is 10.6. The summed E-state index contributed by atoms with van der Waals surface area (Å²) in [4.78, 5) is -0.200. The van der Waals surface area contributed by atoms with Crippen LogP contribution in [0.2, 0.25) is 0 Å². The number of hydrogen-bond acceptors (Lipinski definition) is 4. The molecule has 0 radical (unpaired) electrons. The number of hydrogen-bond donors (Lipinski definition) is 3. The highest BCUT2D eigenvalue weighted by Gasteiger charge is 2.08. The molecule has 0 spiro atoms. The van der Waals surface area contributed by atoms with Crippen molar-refractivity contribution in [3.8, 4) is 0 Å². The normalized spacial score (nSPS) is 10.6. The van der Waals surface area contributed by atoms with Crippen LogP contribution < -0.4 is 6.15 Å². The van der Waals surface area contributed by atoms with E-state index in [4.69, 9.17) is 9.66 Å². The molecule has 0 aliphatic heterocycles. The summed E-state index contributed by atoms with van der Waals surface area (Å²) in [5.41, 5.74) is 0.449. The quantitative estimate of drug-likeness (QED) is 0.612. The largest absolute Gasteiger partial charge is 0.392 e. The highest BCUT2D eigenvalue weighted by atomic mass is 32.2. The van der Waals surface area contributed by atoms with Gasteiger partial charge in [-0.3, -0.25) is 4.55 Å². The molecular formula is C7H11NO4S. The van der Waals surface area contributed by atoms with E-state index in [0.717, 1.165) is 0 Å². The van der Waals surface area contributed by atoms with Crippen LogP contribution >= 0.6 is 0 Å². The van der Waals surface area contributed by atoms with E-state index in [1.165, 1.54) is 18.2 Å². The van der Waals surface area contributed by atoms with Crippen LogP contribution in [-0.4, -0.2) is 18.1 Å². The fourth-order valence-corrected chi connectivity index (χ4v) is 1.36. The van der Waals surface area contributed by atoms with Crippen molar-refractivity contribution in [3.05, 3.63) is 29.8 Å². The average molecular weight is 205 g/mol. The second-order valence-electron chi connectivity index (χ2n) is 2.28. The van der Waals surface area contributed by atoms with Crippen molar-refractivity contribution >= 4 is 10.1 Å². The van der Waals surface area contributed by atoms with E-state index in [9.17, 15) is 8.42 Å². The van der Waals surface area contributed by atoms with Crippen LogP contribution in [0.4, 0.5) is 0 Å². The molecule has 0 aliphatic rings. The summed E-state index contributed by atoms with van der Waals surface area (Å²) in [6.07, 6.45) is 0. The summed E-state index contributed by atoms with van der Waals surface area (Å²) in [6, 6.07) is 5.49. The Bertz CT molecular complexity index is 374. The van der Waals surface area contributed by atoms with Gasteiger partial charge in [-0.05, 0) is 17.7 Å². The van der Waals surface area contributed by atoms with Crippen LogP contribution in [0.1, 0.15) is 5.56 Å². The third-order valence-corrected chi connectivity index (χ3v) is 2.23. The fourth-order valence-electron chi connectivity index (χ4n) is 0.804. The second kappa shape index (κ2) is 4.33. The van der Waals surface area contributed by atoms with Gasteiger partial charge in [0.15, 0.2) is 0 Å². The minimum absolute atomic E-state index is 0. The first-order valence-corrected chi connectivity index (χ1v) is 4.65. The third kappa shape index (κ3) is 3.11. The topological polar surface area (TPSA) is 110 Å². The standard InChI is InChI=1S/C7H8O4S.H3N/c8-5-6-2-1-3-7(4-6)12(9,10)11;/h1-4,8H,5H2,(H,9,10,11);1H3. The molecule has 5 N–H and O–H groups in total. The smallest absolute Gasteiger partial charge is 0.294 e. The van der Waals surface area contributed by atoms with Crippen molar-refractivity contribution in [2.75, 3.05) is 0 Å². The molecule has 6 heteroatoms. The zero-order valence-electron chi connectivity index (χ0n) is 6.84. The molecule has 1 aromatic rings. The molecule has 0 saturated carbocycles. The van der Waals surface area contributed by atoms with Gasteiger partial charge in [-0.25, -0.2) is 0 Å². The van der Waals surface area contributed by atoms with Gasteiger partial charge in [-0.15, -0.1) is 0 Å². The van der Waals surface area contributed by atoms with Crippen LogP contribution in [0.25, 0.3) is 0 Å². The van der Waals surface area contributed by atoms with Gasteiger partial charge in [0, 0.05) is 0 Å². The Hall–Kier alpha value is -0.950. The van der Waals surface area contributed by atoms with Crippen molar-refractivity contribution in [1.82, 2.24) is 6.15 Å². The zero-order chi connectivity index (χ0) is 9.19. The van der Waals surface area contributed by atoms with Gasteiger partial charge in [0.2, 0.25) is 0 Å². The lowest BCUT2D eigenvalue weighted by Gasteiger charge is -1.98. The molecule has 5 nitrogen and oxygen atoms in total. The fraction of sp³-hybridized carbons (Fsp3) is 0.143. The molecule has 0 fully saturated rings. The van der Waals surface area contributed by atoms with Crippen molar-refractivity contribution in [2.45, 2.75) is 11.5 Å². The molecule has 0 bridgehead atoms. The Morgan fingerprint density at radius 3 is 2.38 bits per heavy atom. The molecule has 0 heterocycles. The van der Waals surface area contributed by atoms with Gasteiger partial charge in [0.25, 0.3) is 10.1 Å². The number of aliphatic hydroxyl groups excluding tert-OH is 1. The molecule has 0 amide bonds. The summed E-state index contributed by atoms with van der Waals surface area (Å²) < 4.78 is 29.7. The maximum atomic E-state index is 10.6. The summed E-state index contributed by atoms with van der Waals surface area (Å²) in [5, 5.41) is 8.65. The Labute approximate surface area is 76.4 Å². The van der Waals surface area contributed by atoms with E-state index in [0.29, 0.717) is 5.56 Å². The molecule has 0 aliphatic carbocycles. The number of aliphatic hydroxyl groups is 1. The Morgan fingerprint density at radius 2 is 1.92 bits per heavy atom. The van der Waals surface area contributed by atoms with E-state index in [1.807, 2.05) is 0 Å². The Kier molecular flexibility index (Phi) is 4.02. The summed E-state index contributed by atoms with van der Waals surface area (Å²) >= 11 is 0. The minimum Gasteiger partial charge on any atom is -0.392 e. The van der Waals surface area contributed by atoms with Crippen molar-refractivity contribution in [1.29, 1.82) is 0 Å². The average Bonchev–Trinajstić information content (AvgIpc) is 2.03. The molecule has 1 rings (SSSR count). The van der Waals surface area contributed by atoms with Crippen LogP contribution in [0.15, 0.2) is 29.2 Å². The van der Waals surface area contributed by atoms with Gasteiger partial charge in [-0.1, -0.05) is 12.1 Å². The van der Waals surface area contributed by atoms with Crippen molar-refractivity contribution in [2.24, 2.45) is 0 Å². The van der Waals surface area contributed by atoms with Crippen LogP contribution in [0, 0.1) is 0 Å². The third-order valence-electron chi connectivity index (χ3n) is 1.38. The van der Waals surface area contributed by atoms with Gasteiger partial charge in [-0.2, -0.15) is 8.42 Å². The van der Waals surface area contributed by atoms with Gasteiger partial charge >= 0.3 is 0 Å². The van der Waals surface area contributed by atoms with E-state index >= 15 is 0 Å². The van der Waals surface area contributed by atoms with E-state index < -0.39 is 10.1 Å². The highest BCUT2D eigenvalue weighted by molar-refractivity contribution is 7.85. The lowest BCUT2D eigenvalue weighted by Crippen LogP contribution is -1.98. The molecule has 0 aromatic heterocycles. The first-order valence-electron chi connectivity index (χ1n) is 3.21. The SMILES string of the molecule is N.O=S(=O)(O)c1cccc(CO)c1. The molecule has 74 valence electrons. The predicted molar refractivity (Wildman–Crippen MR) is 47.2 cm³/mol. The Morgan fingerprint density at radius 1 is 1.31 bits per heavy atom. The van der Waals surface area contributed by atoms with E-state index in [2.05, 4.69) is 0 Å². The van der Waals surface area contributed by atoms with Gasteiger partial charge < -0.3 is 11.3 Å². The van der Waals surface area contributed by atoms with Gasteiger partial charge in [0.1, 0.15) is 0 Å². The predicted octanol–water partition coefficient (Wildman–Crippen LogP) is 0.588. The molecule has 0 unspecified atom stereocenters. The monoisotopic (exact) mass is 205 g/mol. The van der Waals surface area contributed by atoms with Crippen LogP contribution in [-0.2, 0) is 16.7 Å². The maximum Gasteiger partial charge on any atom is 0.294 e. The summed E-state index contributed by atoms with van der Waals surface area (Å²) in [7, 11) is -4.15. The molecule has 13 heavy (non-hydrogen) atoms. The molecular weight excluding hydrogens is 194 g/mol. The van der Waals surface area contributed by atoms with Crippen LogP contribution in [0.5, 0.6) is 0 Å². The highest BCUT2D eigenvalue weighted by Crippen LogP contribution is 2.10. The summed E-state index contributed by atoms with van der Waals surface area (Å²) in [6.45, 7) is -0.247. The second-order valence-corrected chi connectivity index (χ2v) is 3.70.